The molecule has 1 fully saturated rings. The molecule has 1 unspecified atom stereocenters. The highest BCUT2D eigenvalue weighted by molar-refractivity contribution is 6.42. The van der Waals surface area contributed by atoms with Gasteiger partial charge in [0.25, 0.3) is 0 Å². The summed E-state index contributed by atoms with van der Waals surface area (Å²) in [5.41, 5.74) is 0.958. The van der Waals surface area contributed by atoms with Crippen LogP contribution in [-0.4, -0.2) is 19.0 Å². The molecule has 1 aliphatic heterocycles. The minimum absolute atomic E-state index is 0.0575. The molecule has 0 spiro atoms. The molecule has 2 N–H and O–H groups in total. The van der Waals surface area contributed by atoms with Crippen LogP contribution >= 0.6 is 23.2 Å². The standard InChI is InChI=1S/C12H14Cl2N2O/c1-7(16-12(17)9-5-15-6-9)8-2-3-10(13)11(14)4-8/h2-4,7,9,15H,5-6H2,1H3,(H,16,17). The average Bonchev–Trinajstić information content (AvgIpc) is 2.19. The van der Waals surface area contributed by atoms with Crippen LogP contribution in [0.3, 0.4) is 0 Å². The van der Waals surface area contributed by atoms with Gasteiger partial charge in [0.15, 0.2) is 0 Å². The first-order valence-corrected chi connectivity index (χ1v) is 6.29. The fourth-order valence-corrected chi connectivity index (χ4v) is 1.98. The highest BCUT2D eigenvalue weighted by Crippen LogP contribution is 2.25. The summed E-state index contributed by atoms with van der Waals surface area (Å²) in [6, 6.07) is 5.34. The van der Waals surface area contributed by atoms with Crippen molar-refractivity contribution in [3.8, 4) is 0 Å². The number of halogens is 2. The minimum Gasteiger partial charge on any atom is -0.349 e. The second kappa shape index (κ2) is 5.25. The lowest BCUT2D eigenvalue weighted by molar-refractivity contribution is -0.127. The van der Waals surface area contributed by atoms with E-state index in [0.29, 0.717) is 10.0 Å². The summed E-state index contributed by atoms with van der Waals surface area (Å²) in [6.45, 7) is 3.46. The Balaban J connectivity index is 2.00. The number of rotatable bonds is 3. The second-order valence-corrected chi connectivity index (χ2v) is 5.07. The van der Waals surface area contributed by atoms with Crippen LogP contribution in [0.25, 0.3) is 0 Å². The summed E-state index contributed by atoms with van der Waals surface area (Å²) in [5, 5.41) is 7.07. The molecule has 0 aromatic heterocycles. The molecular weight excluding hydrogens is 259 g/mol. The van der Waals surface area contributed by atoms with Crippen LogP contribution in [0.1, 0.15) is 18.5 Å². The second-order valence-electron chi connectivity index (χ2n) is 4.26. The SMILES string of the molecule is CC(NC(=O)C1CNC1)c1ccc(Cl)c(Cl)c1. The molecule has 92 valence electrons. The van der Waals surface area contributed by atoms with Crippen molar-refractivity contribution in [3.05, 3.63) is 33.8 Å². The Hall–Kier alpha value is -0.770. The average molecular weight is 273 g/mol. The molecule has 5 heteroatoms. The van der Waals surface area contributed by atoms with Gasteiger partial charge in [-0.05, 0) is 24.6 Å². The number of hydrogen-bond donors (Lipinski definition) is 2. The van der Waals surface area contributed by atoms with Crippen molar-refractivity contribution in [3.63, 3.8) is 0 Å². The first-order valence-electron chi connectivity index (χ1n) is 5.54. The normalized spacial score (nSPS) is 17.4. The van der Waals surface area contributed by atoms with Crippen molar-refractivity contribution in [1.82, 2.24) is 10.6 Å². The number of amides is 1. The van der Waals surface area contributed by atoms with Crippen molar-refractivity contribution < 1.29 is 4.79 Å². The van der Waals surface area contributed by atoms with E-state index >= 15 is 0 Å². The number of hydrogen-bond acceptors (Lipinski definition) is 2. The summed E-state index contributed by atoms with van der Waals surface area (Å²) < 4.78 is 0. The summed E-state index contributed by atoms with van der Waals surface area (Å²) in [7, 11) is 0. The zero-order chi connectivity index (χ0) is 12.4. The van der Waals surface area contributed by atoms with E-state index in [2.05, 4.69) is 10.6 Å². The molecule has 1 aromatic rings. The molecule has 1 aromatic carbocycles. The van der Waals surface area contributed by atoms with E-state index in [-0.39, 0.29) is 17.9 Å². The first kappa shape index (κ1) is 12.7. The summed E-state index contributed by atoms with van der Waals surface area (Å²) in [6.07, 6.45) is 0. The summed E-state index contributed by atoms with van der Waals surface area (Å²) >= 11 is 11.8. The Morgan fingerprint density at radius 1 is 1.41 bits per heavy atom. The molecule has 0 saturated carbocycles. The largest absolute Gasteiger partial charge is 0.349 e. The Labute approximate surface area is 110 Å². The van der Waals surface area contributed by atoms with Crippen molar-refractivity contribution >= 4 is 29.1 Å². The highest BCUT2D eigenvalue weighted by atomic mass is 35.5. The number of carbonyl (C=O) groups excluding carboxylic acids is 1. The van der Waals surface area contributed by atoms with Gasteiger partial charge in [0.05, 0.1) is 22.0 Å². The molecule has 3 nitrogen and oxygen atoms in total. The Bertz CT molecular complexity index is 433. The van der Waals surface area contributed by atoms with Crippen LogP contribution in [0.5, 0.6) is 0 Å². The smallest absolute Gasteiger partial charge is 0.226 e. The monoisotopic (exact) mass is 272 g/mol. The molecule has 1 amide bonds. The summed E-state index contributed by atoms with van der Waals surface area (Å²) in [4.78, 5) is 11.8. The van der Waals surface area contributed by atoms with Crippen LogP contribution in [-0.2, 0) is 4.79 Å². The third-order valence-corrected chi connectivity index (χ3v) is 3.69. The number of carbonyl (C=O) groups is 1. The van der Waals surface area contributed by atoms with E-state index < -0.39 is 0 Å². The fourth-order valence-electron chi connectivity index (χ4n) is 1.67. The molecule has 2 rings (SSSR count). The predicted octanol–water partition coefficient (Wildman–Crippen LogP) is 2.39. The van der Waals surface area contributed by atoms with E-state index in [1.54, 1.807) is 12.1 Å². The van der Waals surface area contributed by atoms with E-state index in [0.717, 1.165) is 18.7 Å². The van der Waals surface area contributed by atoms with Crippen LogP contribution in [0.4, 0.5) is 0 Å². The molecule has 1 aliphatic rings. The zero-order valence-electron chi connectivity index (χ0n) is 9.47. The number of nitrogens with one attached hydrogen (secondary N) is 2. The zero-order valence-corrected chi connectivity index (χ0v) is 11.0. The van der Waals surface area contributed by atoms with Gasteiger partial charge in [0, 0.05) is 13.1 Å². The third-order valence-electron chi connectivity index (χ3n) is 2.95. The lowest BCUT2D eigenvalue weighted by atomic mass is 10.0. The maximum absolute atomic E-state index is 11.8. The lowest BCUT2D eigenvalue weighted by Crippen LogP contribution is -2.51. The van der Waals surface area contributed by atoms with Gasteiger partial charge in [-0.15, -0.1) is 0 Å². The molecular formula is C12H14Cl2N2O. The molecule has 1 atom stereocenters. The maximum atomic E-state index is 11.8. The molecule has 17 heavy (non-hydrogen) atoms. The third kappa shape index (κ3) is 2.92. The Morgan fingerprint density at radius 3 is 2.65 bits per heavy atom. The molecule has 0 bridgehead atoms. The summed E-state index contributed by atoms with van der Waals surface area (Å²) in [5.74, 6) is 0.183. The topological polar surface area (TPSA) is 41.1 Å². The van der Waals surface area contributed by atoms with Gasteiger partial charge in [0.2, 0.25) is 5.91 Å². The van der Waals surface area contributed by atoms with E-state index in [1.165, 1.54) is 0 Å². The molecule has 1 heterocycles. The van der Waals surface area contributed by atoms with Crippen molar-refractivity contribution in [2.24, 2.45) is 5.92 Å². The Morgan fingerprint density at radius 2 is 2.12 bits per heavy atom. The molecule has 0 aliphatic carbocycles. The quantitative estimate of drug-likeness (QED) is 0.887. The van der Waals surface area contributed by atoms with Crippen molar-refractivity contribution in [1.29, 1.82) is 0 Å². The molecule has 0 radical (unpaired) electrons. The van der Waals surface area contributed by atoms with Crippen molar-refractivity contribution in [2.45, 2.75) is 13.0 Å². The van der Waals surface area contributed by atoms with E-state index in [1.807, 2.05) is 13.0 Å². The van der Waals surface area contributed by atoms with Gasteiger partial charge in [-0.25, -0.2) is 0 Å². The Kier molecular flexibility index (Phi) is 3.92. The van der Waals surface area contributed by atoms with E-state index in [4.69, 9.17) is 23.2 Å². The lowest BCUT2D eigenvalue weighted by Gasteiger charge is -2.27. The van der Waals surface area contributed by atoms with Gasteiger partial charge in [-0.1, -0.05) is 29.3 Å². The van der Waals surface area contributed by atoms with Crippen LogP contribution in [0, 0.1) is 5.92 Å². The van der Waals surface area contributed by atoms with Gasteiger partial charge in [-0.2, -0.15) is 0 Å². The highest BCUT2D eigenvalue weighted by Gasteiger charge is 2.25. The van der Waals surface area contributed by atoms with Crippen LogP contribution in [0.2, 0.25) is 10.0 Å². The maximum Gasteiger partial charge on any atom is 0.226 e. The molecule has 1 saturated heterocycles. The van der Waals surface area contributed by atoms with Gasteiger partial charge in [0.1, 0.15) is 0 Å². The van der Waals surface area contributed by atoms with Crippen LogP contribution < -0.4 is 10.6 Å². The first-order chi connectivity index (χ1) is 8.08. The minimum atomic E-state index is -0.0575. The van der Waals surface area contributed by atoms with Crippen molar-refractivity contribution in [2.75, 3.05) is 13.1 Å². The predicted molar refractivity (Wildman–Crippen MR) is 69.4 cm³/mol. The van der Waals surface area contributed by atoms with Gasteiger partial charge < -0.3 is 10.6 Å². The fraction of sp³-hybridized carbons (Fsp3) is 0.417. The van der Waals surface area contributed by atoms with Gasteiger partial charge in [-0.3, -0.25) is 4.79 Å². The van der Waals surface area contributed by atoms with Gasteiger partial charge >= 0.3 is 0 Å². The number of benzene rings is 1. The van der Waals surface area contributed by atoms with E-state index in [9.17, 15) is 4.79 Å². The van der Waals surface area contributed by atoms with Crippen LogP contribution in [0.15, 0.2) is 18.2 Å².